The van der Waals surface area contributed by atoms with Crippen molar-refractivity contribution in [2.75, 3.05) is 0 Å². The second-order valence-electron chi connectivity index (χ2n) is 3.38. The maximum atomic E-state index is 4.56. The highest BCUT2D eigenvalue weighted by molar-refractivity contribution is 7.81. The maximum Gasteiger partial charge on any atom is 0.0227 e. The molecule has 2 rings (SSSR count). The summed E-state index contributed by atoms with van der Waals surface area (Å²) in [6.45, 7) is 0. The Labute approximate surface area is 73.0 Å². The van der Waals surface area contributed by atoms with Crippen molar-refractivity contribution in [1.82, 2.24) is 0 Å². The van der Waals surface area contributed by atoms with Crippen molar-refractivity contribution >= 4 is 18.8 Å². The van der Waals surface area contributed by atoms with Crippen LogP contribution in [0.25, 0.3) is 0 Å². The van der Waals surface area contributed by atoms with Gasteiger partial charge in [0.2, 0.25) is 0 Å². The monoisotopic (exact) mass is 167 g/mol. The average molecular weight is 167 g/mol. The summed E-state index contributed by atoms with van der Waals surface area (Å²) >= 11 is 4.56. The fraction of sp³-hybridized carbons (Fsp3) is 0.667. The van der Waals surface area contributed by atoms with Crippen LogP contribution < -0.4 is 0 Å². The van der Waals surface area contributed by atoms with Gasteiger partial charge in [-0.3, -0.25) is 4.99 Å². The summed E-state index contributed by atoms with van der Waals surface area (Å²) < 4.78 is 0. The molecule has 60 valence electrons. The lowest BCUT2D eigenvalue weighted by Gasteiger charge is -2.32. The predicted molar refractivity (Wildman–Crippen MR) is 51.2 cm³/mol. The largest absolute Gasteiger partial charge is 0.269 e. The van der Waals surface area contributed by atoms with Crippen LogP contribution >= 0.6 is 12.6 Å². The summed E-state index contributed by atoms with van der Waals surface area (Å²) in [6, 6.07) is 0. The Bertz CT molecular complexity index is 198. The van der Waals surface area contributed by atoms with Crippen molar-refractivity contribution in [3.8, 4) is 0 Å². The van der Waals surface area contributed by atoms with Gasteiger partial charge in [0.05, 0.1) is 0 Å². The van der Waals surface area contributed by atoms with E-state index in [1.54, 1.807) is 0 Å². The molecule has 0 N–H and O–H groups in total. The van der Waals surface area contributed by atoms with Gasteiger partial charge in [-0.25, -0.2) is 0 Å². The summed E-state index contributed by atoms with van der Waals surface area (Å²) in [5.41, 5.74) is 0. The van der Waals surface area contributed by atoms with Crippen molar-refractivity contribution in [3.63, 3.8) is 0 Å². The minimum Gasteiger partial charge on any atom is -0.269 e. The van der Waals surface area contributed by atoms with Gasteiger partial charge in [0.1, 0.15) is 0 Å². The Kier molecular flexibility index (Phi) is 2.03. The normalized spacial score (nSPS) is 42.1. The van der Waals surface area contributed by atoms with Gasteiger partial charge >= 0.3 is 0 Å². The second kappa shape index (κ2) is 3.02. The molecule has 1 saturated carbocycles. The third kappa shape index (κ3) is 1.36. The zero-order chi connectivity index (χ0) is 7.68. The van der Waals surface area contributed by atoms with Gasteiger partial charge in [-0.05, 0) is 18.8 Å². The zero-order valence-corrected chi connectivity index (χ0v) is 7.37. The van der Waals surface area contributed by atoms with E-state index in [4.69, 9.17) is 0 Å². The number of hydrogen-bond acceptors (Lipinski definition) is 2. The first-order valence-electron chi connectivity index (χ1n) is 4.26. The lowest BCUT2D eigenvalue weighted by atomic mass is 9.79. The fourth-order valence-corrected chi connectivity index (χ4v) is 2.46. The van der Waals surface area contributed by atoms with Gasteiger partial charge in [-0.15, -0.1) is 0 Å². The predicted octanol–water partition coefficient (Wildman–Crippen LogP) is 2.30. The van der Waals surface area contributed by atoms with Gasteiger partial charge in [0.15, 0.2) is 0 Å². The molecule has 1 aliphatic carbocycles. The molecule has 1 nitrogen and oxygen atoms in total. The second-order valence-corrected chi connectivity index (χ2v) is 4.04. The summed E-state index contributed by atoms with van der Waals surface area (Å²) in [7, 11) is 0. The van der Waals surface area contributed by atoms with Crippen molar-refractivity contribution in [3.05, 3.63) is 12.3 Å². The molecule has 0 radical (unpaired) electrons. The molecule has 0 spiro atoms. The van der Waals surface area contributed by atoms with E-state index in [1.165, 1.54) is 19.3 Å². The van der Waals surface area contributed by atoms with Crippen LogP contribution in [0.5, 0.6) is 0 Å². The molecule has 1 fully saturated rings. The molecule has 0 aromatic heterocycles. The highest BCUT2D eigenvalue weighted by atomic mass is 32.1. The van der Waals surface area contributed by atoms with Crippen LogP contribution in [0.2, 0.25) is 0 Å². The Morgan fingerprint density at radius 3 is 3.09 bits per heavy atom. The van der Waals surface area contributed by atoms with Crippen LogP contribution in [0.15, 0.2) is 17.3 Å². The molecule has 0 aromatic rings. The molecule has 2 heteroatoms. The molecule has 0 bridgehead atoms. The lowest BCUT2D eigenvalue weighted by Crippen LogP contribution is -2.30. The molecular formula is C9H13NS. The lowest BCUT2D eigenvalue weighted by molar-refractivity contribution is 0.370. The van der Waals surface area contributed by atoms with E-state index in [0.29, 0.717) is 11.2 Å². The van der Waals surface area contributed by atoms with E-state index in [-0.39, 0.29) is 0 Å². The first-order chi connectivity index (χ1) is 5.38. The van der Waals surface area contributed by atoms with Crippen molar-refractivity contribution in [1.29, 1.82) is 0 Å². The van der Waals surface area contributed by atoms with Crippen molar-refractivity contribution in [2.45, 2.75) is 24.5 Å². The number of hydrogen-bond donors (Lipinski definition) is 1. The topological polar surface area (TPSA) is 12.4 Å². The number of thiol groups is 1. The first-order valence-corrected chi connectivity index (χ1v) is 4.77. The number of nitrogens with zero attached hydrogens (tertiary/aromatic N) is 1. The summed E-state index contributed by atoms with van der Waals surface area (Å²) in [5, 5.41) is 0.544. The van der Waals surface area contributed by atoms with Crippen LogP contribution in [-0.4, -0.2) is 11.5 Å². The average Bonchev–Trinajstić information content (AvgIpc) is 2.06. The molecule has 2 aliphatic rings. The smallest absolute Gasteiger partial charge is 0.0227 e. The van der Waals surface area contributed by atoms with Crippen LogP contribution in [0.4, 0.5) is 0 Å². The highest BCUT2D eigenvalue weighted by Crippen LogP contribution is 2.34. The number of fused-ring (bicyclic) bond motifs is 1. The molecular weight excluding hydrogens is 154 g/mol. The van der Waals surface area contributed by atoms with Crippen molar-refractivity contribution in [2.24, 2.45) is 16.8 Å². The SMILES string of the molecule is SC1CCCC2C=CN=CC12. The molecule has 0 amide bonds. The van der Waals surface area contributed by atoms with E-state index >= 15 is 0 Å². The van der Waals surface area contributed by atoms with E-state index in [0.717, 1.165) is 5.92 Å². The molecule has 11 heavy (non-hydrogen) atoms. The molecule has 3 atom stereocenters. The Hall–Kier alpha value is -0.240. The van der Waals surface area contributed by atoms with Gasteiger partial charge in [-0.2, -0.15) is 12.6 Å². The molecule has 0 saturated heterocycles. The number of rotatable bonds is 0. The molecule has 3 unspecified atom stereocenters. The van der Waals surface area contributed by atoms with E-state index < -0.39 is 0 Å². The van der Waals surface area contributed by atoms with E-state index in [1.807, 2.05) is 6.20 Å². The van der Waals surface area contributed by atoms with Crippen LogP contribution in [-0.2, 0) is 0 Å². The van der Waals surface area contributed by atoms with Crippen LogP contribution in [0.1, 0.15) is 19.3 Å². The fourth-order valence-electron chi connectivity index (χ4n) is 1.98. The maximum absolute atomic E-state index is 4.56. The minimum absolute atomic E-state index is 0.544. The number of allylic oxidation sites excluding steroid dienone is 1. The summed E-state index contributed by atoms with van der Waals surface area (Å²) in [5.74, 6) is 1.33. The Morgan fingerprint density at radius 2 is 2.27 bits per heavy atom. The van der Waals surface area contributed by atoms with Gasteiger partial charge in [0, 0.05) is 23.6 Å². The van der Waals surface area contributed by atoms with Crippen LogP contribution in [0, 0.1) is 11.8 Å². The van der Waals surface area contributed by atoms with Gasteiger partial charge in [0.25, 0.3) is 0 Å². The first kappa shape index (κ1) is 7.41. The van der Waals surface area contributed by atoms with Crippen molar-refractivity contribution < 1.29 is 0 Å². The molecule has 1 aliphatic heterocycles. The summed E-state index contributed by atoms with van der Waals surface area (Å²) in [4.78, 5) is 4.16. The summed E-state index contributed by atoms with van der Waals surface area (Å²) in [6.07, 6.45) is 10.1. The zero-order valence-electron chi connectivity index (χ0n) is 6.48. The molecule has 1 heterocycles. The third-order valence-electron chi connectivity index (χ3n) is 2.65. The van der Waals surface area contributed by atoms with E-state index in [9.17, 15) is 0 Å². The number of aliphatic imine (C=N–C) groups is 1. The standard InChI is InChI=1S/C9H13NS/c11-9-3-1-2-7-4-5-10-6-8(7)9/h4-9,11H,1-3H2. The molecule has 0 aromatic carbocycles. The highest BCUT2D eigenvalue weighted by Gasteiger charge is 2.29. The van der Waals surface area contributed by atoms with E-state index in [2.05, 4.69) is 29.9 Å². The minimum atomic E-state index is 0.544. The van der Waals surface area contributed by atoms with Gasteiger partial charge < -0.3 is 0 Å². The quantitative estimate of drug-likeness (QED) is 0.531. The Balaban J connectivity index is 2.14. The van der Waals surface area contributed by atoms with Gasteiger partial charge in [-0.1, -0.05) is 12.5 Å². The van der Waals surface area contributed by atoms with Crippen LogP contribution in [0.3, 0.4) is 0 Å². The third-order valence-corrected chi connectivity index (χ3v) is 3.26. The Morgan fingerprint density at radius 1 is 1.36 bits per heavy atom.